The minimum absolute atomic E-state index is 0.0686. The minimum Gasteiger partial charge on any atom is -0.361 e. The molecule has 2 rings (SSSR count). The summed E-state index contributed by atoms with van der Waals surface area (Å²) in [6.45, 7) is 0. The van der Waals surface area contributed by atoms with Crippen LogP contribution in [0.4, 0.5) is 11.5 Å². The normalized spacial score (nSPS) is 10.2. The first kappa shape index (κ1) is 16.9. The van der Waals surface area contributed by atoms with Gasteiger partial charge in [-0.05, 0) is 11.6 Å². The van der Waals surface area contributed by atoms with E-state index in [9.17, 15) is 9.59 Å². The highest BCUT2D eigenvalue weighted by Crippen LogP contribution is 2.22. The molecule has 2 aromatic rings. The maximum absolute atomic E-state index is 12.0. The highest BCUT2D eigenvalue weighted by atomic mass is 35.5. The highest BCUT2D eigenvalue weighted by Gasteiger charge is 2.13. The number of carbonyl (C=O) groups excluding carboxylic acids is 2. The van der Waals surface area contributed by atoms with Crippen molar-refractivity contribution >= 4 is 34.8 Å². The second-order valence-electron chi connectivity index (χ2n) is 5.11. The Morgan fingerprint density at radius 3 is 2.52 bits per heavy atom. The fourth-order valence-corrected chi connectivity index (χ4v) is 2.12. The van der Waals surface area contributed by atoms with Gasteiger partial charge < -0.3 is 10.2 Å². The van der Waals surface area contributed by atoms with Crippen molar-refractivity contribution in [3.63, 3.8) is 0 Å². The summed E-state index contributed by atoms with van der Waals surface area (Å²) >= 11 is 5.76. The van der Waals surface area contributed by atoms with Crippen LogP contribution in [-0.4, -0.2) is 35.8 Å². The fourth-order valence-electron chi connectivity index (χ4n) is 1.99. The Morgan fingerprint density at radius 1 is 1.17 bits per heavy atom. The van der Waals surface area contributed by atoms with E-state index in [2.05, 4.69) is 15.3 Å². The second kappa shape index (κ2) is 7.69. The monoisotopic (exact) mass is 332 g/mol. The number of hydrogen-bond donors (Lipinski definition) is 1. The van der Waals surface area contributed by atoms with Gasteiger partial charge >= 0.3 is 0 Å². The van der Waals surface area contributed by atoms with Crippen molar-refractivity contribution < 1.29 is 9.59 Å². The predicted molar refractivity (Wildman–Crippen MR) is 90.0 cm³/mol. The summed E-state index contributed by atoms with van der Waals surface area (Å²) in [5.41, 5.74) is 1.06. The van der Waals surface area contributed by atoms with Crippen LogP contribution in [0, 0.1) is 0 Å². The fraction of sp³-hybridized carbons (Fsp3) is 0.250. The Hall–Kier alpha value is -2.47. The molecule has 0 aliphatic heterocycles. The SMILES string of the molecule is CN(C)c1nc(Cl)ncc1NC(=O)CCC(=O)c1ccccc1. The number of nitrogens with one attached hydrogen (secondary N) is 1. The van der Waals surface area contributed by atoms with E-state index in [0.717, 1.165) is 0 Å². The van der Waals surface area contributed by atoms with E-state index in [1.807, 2.05) is 6.07 Å². The Bertz CT molecular complexity index is 704. The third-order valence-electron chi connectivity index (χ3n) is 3.11. The van der Waals surface area contributed by atoms with E-state index in [0.29, 0.717) is 17.1 Å². The summed E-state index contributed by atoms with van der Waals surface area (Å²) in [7, 11) is 3.57. The van der Waals surface area contributed by atoms with Gasteiger partial charge in [0, 0.05) is 32.5 Å². The van der Waals surface area contributed by atoms with Crippen LogP contribution in [0.3, 0.4) is 0 Å². The first-order chi connectivity index (χ1) is 11.0. The lowest BCUT2D eigenvalue weighted by Gasteiger charge is -2.16. The van der Waals surface area contributed by atoms with Crippen LogP contribution in [0.15, 0.2) is 36.5 Å². The standard InChI is InChI=1S/C16H17ClN4O2/c1-21(2)15-12(10-18-16(17)20-15)19-14(23)9-8-13(22)11-6-4-3-5-7-11/h3-7,10H,8-9H2,1-2H3,(H,19,23). The molecule has 7 heteroatoms. The third-order valence-corrected chi connectivity index (χ3v) is 3.29. The number of carbonyl (C=O) groups is 2. The first-order valence-corrected chi connectivity index (χ1v) is 7.43. The van der Waals surface area contributed by atoms with E-state index in [1.165, 1.54) is 6.20 Å². The van der Waals surface area contributed by atoms with E-state index in [1.54, 1.807) is 43.3 Å². The van der Waals surface area contributed by atoms with Crippen LogP contribution in [0.1, 0.15) is 23.2 Å². The van der Waals surface area contributed by atoms with Gasteiger partial charge in [-0.2, -0.15) is 4.98 Å². The molecule has 0 saturated heterocycles. The van der Waals surface area contributed by atoms with Crippen LogP contribution in [0.2, 0.25) is 5.28 Å². The first-order valence-electron chi connectivity index (χ1n) is 7.05. The van der Waals surface area contributed by atoms with Gasteiger partial charge in [0.15, 0.2) is 11.6 Å². The van der Waals surface area contributed by atoms with Gasteiger partial charge in [0.25, 0.3) is 0 Å². The number of aromatic nitrogens is 2. The molecule has 1 heterocycles. The van der Waals surface area contributed by atoms with Gasteiger partial charge in [-0.15, -0.1) is 0 Å². The maximum Gasteiger partial charge on any atom is 0.224 e. The molecule has 0 spiro atoms. The molecule has 0 unspecified atom stereocenters. The van der Waals surface area contributed by atoms with Crippen molar-refractivity contribution in [2.24, 2.45) is 0 Å². The molecule has 0 fully saturated rings. The van der Waals surface area contributed by atoms with Crippen LogP contribution < -0.4 is 10.2 Å². The molecule has 0 aliphatic rings. The Balaban J connectivity index is 1.97. The number of benzene rings is 1. The number of anilines is 2. The topological polar surface area (TPSA) is 75.2 Å². The smallest absolute Gasteiger partial charge is 0.224 e. The number of Topliss-reactive ketones (excluding diaryl/α,β-unsaturated/α-hetero) is 1. The van der Waals surface area contributed by atoms with E-state index in [-0.39, 0.29) is 29.8 Å². The lowest BCUT2D eigenvalue weighted by atomic mass is 10.1. The summed E-state index contributed by atoms with van der Waals surface area (Å²) < 4.78 is 0. The van der Waals surface area contributed by atoms with E-state index >= 15 is 0 Å². The zero-order chi connectivity index (χ0) is 16.8. The van der Waals surface area contributed by atoms with Crippen molar-refractivity contribution in [2.75, 3.05) is 24.3 Å². The summed E-state index contributed by atoms with van der Waals surface area (Å²) in [6, 6.07) is 8.89. The molecule has 0 aliphatic carbocycles. The number of rotatable bonds is 6. The largest absolute Gasteiger partial charge is 0.361 e. The second-order valence-corrected chi connectivity index (χ2v) is 5.45. The van der Waals surface area contributed by atoms with Crippen molar-refractivity contribution in [3.05, 3.63) is 47.4 Å². The number of halogens is 1. The molecule has 1 aromatic heterocycles. The predicted octanol–water partition coefficient (Wildman–Crippen LogP) is 2.80. The van der Waals surface area contributed by atoms with Crippen LogP contribution >= 0.6 is 11.6 Å². The van der Waals surface area contributed by atoms with E-state index in [4.69, 9.17) is 11.6 Å². The molecule has 0 bridgehead atoms. The van der Waals surface area contributed by atoms with Crippen molar-refractivity contribution in [2.45, 2.75) is 12.8 Å². The molecular weight excluding hydrogens is 316 g/mol. The van der Waals surface area contributed by atoms with E-state index < -0.39 is 0 Å². The van der Waals surface area contributed by atoms with Gasteiger partial charge in [0.2, 0.25) is 11.2 Å². The lowest BCUT2D eigenvalue weighted by Crippen LogP contribution is -2.19. The molecule has 0 radical (unpaired) electrons. The van der Waals surface area contributed by atoms with Crippen LogP contribution in [-0.2, 0) is 4.79 Å². The van der Waals surface area contributed by atoms with Gasteiger partial charge in [-0.25, -0.2) is 4.98 Å². The number of hydrogen-bond acceptors (Lipinski definition) is 5. The van der Waals surface area contributed by atoms with Gasteiger partial charge in [0.05, 0.1) is 6.20 Å². The highest BCUT2D eigenvalue weighted by molar-refractivity contribution is 6.28. The molecule has 6 nitrogen and oxygen atoms in total. The molecule has 120 valence electrons. The summed E-state index contributed by atoms with van der Waals surface area (Å²) in [5.74, 6) is 0.164. The number of ketones is 1. The average Bonchev–Trinajstić information content (AvgIpc) is 2.55. The van der Waals surface area contributed by atoms with Crippen molar-refractivity contribution in [1.82, 2.24) is 9.97 Å². The molecule has 1 aromatic carbocycles. The molecule has 23 heavy (non-hydrogen) atoms. The summed E-state index contributed by atoms with van der Waals surface area (Å²) in [5, 5.41) is 2.81. The molecule has 0 saturated carbocycles. The quantitative estimate of drug-likeness (QED) is 0.650. The van der Waals surface area contributed by atoms with Crippen LogP contribution in [0.25, 0.3) is 0 Å². The van der Waals surface area contributed by atoms with Crippen LogP contribution in [0.5, 0.6) is 0 Å². The Labute approximate surface area is 139 Å². The maximum atomic E-state index is 12.0. The molecule has 1 N–H and O–H groups in total. The molecule has 0 atom stereocenters. The van der Waals surface area contributed by atoms with Gasteiger partial charge in [-0.1, -0.05) is 30.3 Å². The molecular formula is C16H17ClN4O2. The average molecular weight is 333 g/mol. The van der Waals surface area contributed by atoms with Crippen molar-refractivity contribution in [3.8, 4) is 0 Å². The van der Waals surface area contributed by atoms with Crippen molar-refractivity contribution in [1.29, 1.82) is 0 Å². The Kier molecular flexibility index (Phi) is 5.65. The minimum atomic E-state index is -0.275. The lowest BCUT2D eigenvalue weighted by molar-refractivity contribution is -0.116. The van der Waals surface area contributed by atoms with Gasteiger partial charge in [0.1, 0.15) is 5.69 Å². The van der Waals surface area contributed by atoms with Gasteiger partial charge in [-0.3, -0.25) is 9.59 Å². The Morgan fingerprint density at radius 2 is 1.87 bits per heavy atom. The summed E-state index contributed by atoms with van der Waals surface area (Å²) in [4.78, 5) is 33.7. The summed E-state index contributed by atoms with van der Waals surface area (Å²) in [6.07, 6.45) is 1.67. The zero-order valence-corrected chi connectivity index (χ0v) is 13.7. The third kappa shape index (κ3) is 4.75. The zero-order valence-electron chi connectivity index (χ0n) is 12.9. The molecule has 1 amide bonds. The number of amides is 1. The number of nitrogens with zero attached hydrogens (tertiary/aromatic N) is 3.